The molecule has 0 radical (unpaired) electrons. The maximum absolute atomic E-state index is 12.8. The van der Waals surface area contributed by atoms with Crippen LogP contribution in [0.25, 0.3) is 0 Å². The quantitative estimate of drug-likeness (QED) is 0.456. The predicted molar refractivity (Wildman–Crippen MR) is 93.1 cm³/mol. The van der Waals surface area contributed by atoms with E-state index < -0.39 is 29.4 Å². The maximum Gasteiger partial charge on any atom is 0.348 e. The maximum atomic E-state index is 12.8. The summed E-state index contributed by atoms with van der Waals surface area (Å²) in [5.41, 5.74) is -0.243. The number of hydrogen-bond donors (Lipinski definition) is 0. The zero-order valence-corrected chi connectivity index (χ0v) is 14.4. The SMILES string of the molecule is CCOC(=O)[C@@H]1C=C[C@@H](c2ccccc2)n2c(=O)n(CCCl)c(=O)n21. The highest BCUT2D eigenvalue weighted by molar-refractivity contribution is 6.17. The molecule has 2 atom stereocenters. The first-order valence-corrected chi connectivity index (χ1v) is 8.53. The summed E-state index contributed by atoms with van der Waals surface area (Å²) in [5, 5.41) is 0. The van der Waals surface area contributed by atoms with Gasteiger partial charge in [0.1, 0.15) is 0 Å². The molecule has 0 saturated carbocycles. The van der Waals surface area contributed by atoms with E-state index in [0.29, 0.717) is 0 Å². The monoisotopic (exact) mass is 363 g/mol. The van der Waals surface area contributed by atoms with Gasteiger partial charge < -0.3 is 4.74 Å². The highest BCUT2D eigenvalue weighted by atomic mass is 35.5. The molecule has 0 aliphatic carbocycles. The van der Waals surface area contributed by atoms with Gasteiger partial charge in [0.05, 0.1) is 12.6 Å². The Bertz CT molecular complexity index is 910. The first-order valence-electron chi connectivity index (χ1n) is 7.99. The second-order valence-electron chi connectivity index (χ2n) is 5.53. The van der Waals surface area contributed by atoms with E-state index >= 15 is 0 Å². The summed E-state index contributed by atoms with van der Waals surface area (Å²) in [4.78, 5) is 37.8. The van der Waals surface area contributed by atoms with E-state index in [4.69, 9.17) is 16.3 Å². The number of esters is 1. The topological polar surface area (TPSA) is 75.2 Å². The van der Waals surface area contributed by atoms with Crippen molar-refractivity contribution in [3.05, 3.63) is 69.0 Å². The number of fused-ring (bicyclic) bond motifs is 1. The summed E-state index contributed by atoms with van der Waals surface area (Å²) in [6.07, 6.45) is 3.34. The van der Waals surface area contributed by atoms with Crippen molar-refractivity contribution < 1.29 is 9.53 Å². The van der Waals surface area contributed by atoms with Crippen LogP contribution in [0, 0.1) is 0 Å². The van der Waals surface area contributed by atoms with E-state index in [9.17, 15) is 14.4 Å². The summed E-state index contributed by atoms with van der Waals surface area (Å²) < 4.78 is 8.54. The van der Waals surface area contributed by atoms with Crippen LogP contribution in [0.2, 0.25) is 0 Å². The zero-order chi connectivity index (χ0) is 18.0. The molecular formula is C17H18ClN3O4. The molecule has 0 fully saturated rings. The average Bonchev–Trinajstić information content (AvgIpc) is 2.88. The summed E-state index contributed by atoms with van der Waals surface area (Å²) >= 11 is 5.72. The number of ether oxygens (including phenoxy) is 1. The minimum Gasteiger partial charge on any atom is -0.464 e. The van der Waals surface area contributed by atoms with Crippen molar-refractivity contribution in [2.24, 2.45) is 0 Å². The summed E-state index contributed by atoms with van der Waals surface area (Å²) in [5.74, 6) is -0.462. The molecule has 0 unspecified atom stereocenters. The molecule has 1 aliphatic rings. The van der Waals surface area contributed by atoms with Crippen LogP contribution in [-0.4, -0.2) is 32.4 Å². The Labute approximate surface area is 148 Å². The van der Waals surface area contributed by atoms with E-state index in [1.54, 1.807) is 19.1 Å². The molecule has 1 aromatic heterocycles. The number of rotatable bonds is 5. The highest BCUT2D eigenvalue weighted by Crippen LogP contribution is 2.25. The standard InChI is InChI=1S/C17H18ClN3O4/c1-2-25-15(22)14-9-8-13(12-6-4-3-5-7-12)20-16(23)19(11-10-18)17(24)21(14)20/h3-9,13-14H,2,10-11H2,1H3/t13-,14-/m0/s1. The normalized spacial score (nSPS) is 18.8. The molecule has 25 heavy (non-hydrogen) atoms. The number of allylic oxidation sites excluding steroid dienone is 1. The van der Waals surface area contributed by atoms with Gasteiger partial charge in [-0.1, -0.05) is 42.5 Å². The van der Waals surface area contributed by atoms with Crippen LogP contribution in [0.4, 0.5) is 0 Å². The Balaban J connectivity index is 2.21. The van der Waals surface area contributed by atoms with E-state index in [2.05, 4.69) is 0 Å². The van der Waals surface area contributed by atoms with Crippen LogP contribution in [0.15, 0.2) is 52.1 Å². The zero-order valence-electron chi connectivity index (χ0n) is 13.7. The van der Waals surface area contributed by atoms with Gasteiger partial charge in [-0.3, -0.25) is 0 Å². The Morgan fingerprint density at radius 2 is 1.80 bits per heavy atom. The van der Waals surface area contributed by atoms with Gasteiger partial charge in [-0.2, -0.15) is 0 Å². The fraction of sp³-hybridized carbons (Fsp3) is 0.353. The molecule has 0 bridgehead atoms. The number of benzene rings is 1. The van der Waals surface area contributed by atoms with E-state index in [0.717, 1.165) is 14.8 Å². The average molecular weight is 364 g/mol. The lowest BCUT2D eigenvalue weighted by Crippen LogP contribution is -2.39. The lowest BCUT2D eigenvalue weighted by atomic mass is 10.0. The van der Waals surface area contributed by atoms with Crippen LogP contribution < -0.4 is 11.4 Å². The molecule has 1 aromatic carbocycles. The number of nitrogens with zero attached hydrogens (tertiary/aromatic N) is 3. The van der Waals surface area contributed by atoms with Gasteiger partial charge in [-0.25, -0.2) is 28.3 Å². The van der Waals surface area contributed by atoms with Crippen LogP contribution in [0.3, 0.4) is 0 Å². The van der Waals surface area contributed by atoms with Gasteiger partial charge in [0.2, 0.25) is 0 Å². The van der Waals surface area contributed by atoms with Crippen molar-refractivity contribution in [2.75, 3.05) is 12.5 Å². The Morgan fingerprint density at radius 3 is 2.44 bits per heavy atom. The van der Waals surface area contributed by atoms with Crippen LogP contribution in [-0.2, 0) is 16.1 Å². The number of carbonyl (C=O) groups is 1. The molecule has 3 rings (SSSR count). The first-order chi connectivity index (χ1) is 12.1. The highest BCUT2D eigenvalue weighted by Gasteiger charge is 2.33. The Hall–Kier alpha value is -2.54. The molecule has 0 amide bonds. The van der Waals surface area contributed by atoms with Crippen LogP contribution in [0.1, 0.15) is 24.6 Å². The number of alkyl halides is 1. The molecule has 0 spiro atoms. The summed E-state index contributed by atoms with van der Waals surface area (Å²) in [6.45, 7) is 1.95. The molecule has 0 N–H and O–H groups in total. The van der Waals surface area contributed by atoms with Gasteiger partial charge in [-0.15, -0.1) is 11.6 Å². The molecule has 2 heterocycles. The van der Waals surface area contributed by atoms with Crippen molar-refractivity contribution >= 4 is 17.6 Å². The third kappa shape index (κ3) is 2.95. The largest absolute Gasteiger partial charge is 0.464 e. The van der Waals surface area contributed by atoms with Crippen molar-refractivity contribution in [2.45, 2.75) is 25.6 Å². The molecular weight excluding hydrogens is 346 g/mol. The van der Waals surface area contributed by atoms with Gasteiger partial charge in [0, 0.05) is 12.4 Å². The predicted octanol–water partition coefficient (Wildman–Crippen LogP) is 1.31. The van der Waals surface area contributed by atoms with Crippen LogP contribution in [0.5, 0.6) is 0 Å². The minimum absolute atomic E-state index is 0.0727. The Morgan fingerprint density at radius 1 is 1.12 bits per heavy atom. The minimum atomic E-state index is -0.975. The molecule has 8 heteroatoms. The second-order valence-corrected chi connectivity index (χ2v) is 5.91. The van der Waals surface area contributed by atoms with Gasteiger partial charge in [0.25, 0.3) is 0 Å². The summed E-state index contributed by atoms with van der Waals surface area (Å²) in [6, 6.07) is 7.83. The Kier molecular flexibility index (Phi) is 4.94. The first kappa shape index (κ1) is 17.3. The van der Waals surface area contributed by atoms with Crippen molar-refractivity contribution in [3.63, 3.8) is 0 Å². The van der Waals surface area contributed by atoms with Crippen molar-refractivity contribution in [3.8, 4) is 0 Å². The smallest absolute Gasteiger partial charge is 0.348 e. The van der Waals surface area contributed by atoms with E-state index in [1.165, 1.54) is 4.68 Å². The van der Waals surface area contributed by atoms with Gasteiger partial charge >= 0.3 is 17.3 Å². The number of hydrogen-bond acceptors (Lipinski definition) is 4. The number of aromatic nitrogens is 3. The lowest BCUT2D eigenvalue weighted by molar-refractivity contribution is -0.146. The van der Waals surface area contributed by atoms with Crippen molar-refractivity contribution in [1.82, 2.24) is 13.9 Å². The number of carbonyl (C=O) groups excluding carboxylic acids is 1. The fourth-order valence-electron chi connectivity index (χ4n) is 2.98. The molecule has 132 valence electrons. The fourth-order valence-corrected chi connectivity index (χ4v) is 3.15. The van der Waals surface area contributed by atoms with Crippen LogP contribution >= 0.6 is 11.6 Å². The lowest BCUT2D eigenvalue weighted by Gasteiger charge is -2.26. The second kappa shape index (κ2) is 7.14. The summed E-state index contributed by atoms with van der Waals surface area (Å²) in [7, 11) is 0. The third-order valence-electron chi connectivity index (χ3n) is 4.07. The van der Waals surface area contributed by atoms with Gasteiger partial charge in [0.15, 0.2) is 6.04 Å². The molecule has 7 nitrogen and oxygen atoms in total. The number of halogens is 1. The molecule has 1 aliphatic heterocycles. The van der Waals surface area contributed by atoms with E-state index in [-0.39, 0.29) is 19.0 Å². The van der Waals surface area contributed by atoms with Crippen molar-refractivity contribution in [1.29, 1.82) is 0 Å². The third-order valence-corrected chi connectivity index (χ3v) is 4.23. The van der Waals surface area contributed by atoms with Gasteiger partial charge in [-0.05, 0) is 12.5 Å². The van der Waals surface area contributed by atoms with E-state index in [1.807, 2.05) is 30.3 Å². The molecule has 0 saturated heterocycles. The molecule has 2 aromatic rings.